The number of methoxy groups -OCH3 is 2. The van der Waals surface area contributed by atoms with E-state index in [1.165, 1.54) is 0 Å². The molecule has 5 heteroatoms. The number of ether oxygens (including phenoxy) is 2. The molecular weight excluding hydrogens is 256 g/mol. The number of aryl methyl sites for hydroxylation is 2. The van der Waals surface area contributed by atoms with Gasteiger partial charge < -0.3 is 14.6 Å². The molecule has 20 heavy (non-hydrogen) atoms. The van der Waals surface area contributed by atoms with Gasteiger partial charge in [0.15, 0.2) is 0 Å². The maximum atomic E-state index is 10.7. The van der Waals surface area contributed by atoms with Crippen LogP contribution in [-0.2, 0) is 13.5 Å². The highest BCUT2D eigenvalue weighted by Crippen LogP contribution is 2.38. The second-order valence-electron chi connectivity index (χ2n) is 4.54. The Kier molecular flexibility index (Phi) is 4.29. The molecule has 5 nitrogen and oxygen atoms in total. The standard InChI is InChI=1S/C15H20N2O3/c1-5-11-10(9-17(2)16-11)15(18)14-12(19-3)7-6-8-13(14)20-4/h6-9,15,18H,5H2,1-4H3. The lowest BCUT2D eigenvalue weighted by Gasteiger charge is -2.18. The number of hydrogen-bond donors (Lipinski definition) is 1. The number of nitrogens with zero attached hydrogens (tertiary/aromatic N) is 2. The first-order valence-corrected chi connectivity index (χ1v) is 6.53. The van der Waals surface area contributed by atoms with Gasteiger partial charge in [0, 0.05) is 18.8 Å². The minimum absolute atomic E-state index is 0.600. The molecule has 1 aromatic carbocycles. The van der Waals surface area contributed by atoms with Crippen LogP contribution in [0.15, 0.2) is 24.4 Å². The Morgan fingerprint density at radius 2 is 1.85 bits per heavy atom. The summed E-state index contributed by atoms with van der Waals surface area (Å²) in [6, 6.07) is 5.45. The van der Waals surface area contributed by atoms with Gasteiger partial charge in [-0.3, -0.25) is 4.68 Å². The van der Waals surface area contributed by atoms with E-state index in [4.69, 9.17) is 9.47 Å². The van der Waals surface area contributed by atoms with Crippen molar-refractivity contribution in [3.63, 3.8) is 0 Å². The predicted octanol–water partition coefficient (Wildman–Crippen LogP) is 2.08. The topological polar surface area (TPSA) is 56.5 Å². The Bertz CT molecular complexity index is 571. The smallest absolute Gasteiger partial charge is 0.128 e. The molecule has 0 saturated carbocycles. The molecule has 1 heterocycles. The summed E-state index contributed by atoms with van der Waals surface area (Å²) in [6.07, 6.45) is 1.75. The summed E-state index contributed by atoms with van der Waals surface area (Å²) < 4.78 is 12.4. The zero-order valence-electron chi connectivity index (χ0n) is 12.3. The molecule has 1 N–H and O–H groups in total. The van der Waals surface area contributed by atoms with Gasteiger partial charge in [0.25, 0.3) is 0 Å². The van der Waals surface area contributed by atoms with Gasteiger partial charge in [-0.2, -0.15) is 5.10 Å². The van der Waals surface area contributed by atoms with Gasteiger partial charge in [-0.1, -0.05) is 13.0 Å². The second-order valence-corrected chi connectivity index (χ2v) is 4.54. The molecular formula is C15H20N2O3. The molecule has 2 rings (SSSR count). The van der Waals surface area contributed by atoms with E-state index in [-0.39, 0.29) is 0 Å². The van der Waals surface area contributed by atoms with Crippen molar-refractivity contribution in [3.05, 3.63) is 41.2 Å². The van der Waals surface area contributed by atoms with E-state index in [1.54, 1.807) is 18.9 Å². The molecule has 0 radical (unpaired) electrons. The molecule has 108 valence electrons. The van der Waals surface area contributed by atoms with E-state index in [0.717, 1.165) is 17.7 Å². The summed E-state index contributed by atoms with van der Waals surface area (Å²) in [5.74, 6) is 1.20. The second kappa shape index (κ2) is 5.96. The third kappa shape index (κ3) is 2.49. The number of benzene rings is 1. The van der Waals surface area contributed by atoms with Crippen molar-refractivity contribution in [1.29, 1.82) is 0 Å². The summed E-state index contributed by atoms with van der Waals surface area (Å²) in [7, 11) is 5.00. The van der Waals surface area contributed by atoms with E-state index in [0.29, 0.717) is 17.1 Å². The van der Waals surface area contributed by atoms with Crippen LogP contribution in [0.25, 0.3) is 0 Å². The van der Waals surface area contributed by atoms with E-state index in [9.17, 15) is 5.11 Å². The molecule has 0 aliphatic rings. The molecule has 2 aromatic rings. The molecule has 0 saturated heterocycles. The summed E-state index contributed by atoms with van der Waals surface area (Å²) >= 11 is 0. The summed E-state index contributed by atoms with van der Waals surface area (Å²) in [6.45, 7) is 2.01. The van der Waals surface area contributed by atoms with Crippen molar-refractivity contribution in [2.45, 2.75) is 19.4 Å². The van der Waals surface area contributed by atoms with E-state index in [1.807, 2.05) is 38.4 Å². The van der Waals surface area contributed by atoms with Gasteiger partial charge in [0.05, 0.1) is 25.5 Å². The van der Waals surface area contributed by atoms with Gasteiger partial charge in [-0.25, -0.2) is 0 Å². The monoisotopic (exact) mass is 276 g/mol. The first kappa shape index (κ1) is 14.4. The van der Waals surface area contributed by atoms with Crippen molar-refractivity contribution < 1.29 is 14.6 Å². The first-order valence-electron chi connectivity index (χ1n) is 6.53. The van der Waals surface area contributed by atoms with Crippen molar-refractivity contribution >= 4 is 0 Å². The van der Waals surface area contributed by atoms with Crippen molar-refractivity contribution in [1.82, 2.24) is 9.78 Å². The van der Waals surface area contributed by atoms with Crippen LogP contribution in [0, 0.1) is 0 Å². The first-order chi connectivity index (χ1) is 9.62. The number of aliphatic hydroxyl groups excluding tert-OH is 1. The SMILES string of the molecule is CCc1nn(C)cc1C(O)c1c(OC)cccc1OC. The van der Waals surface area contributed by atoms with Crippen molar-refractivity contribution in [2.24, 2.45) is 7.05 Å². The summed E-state index contributed by atoms with van der Waals surface area (Å²) in [5, 5.41) is 15.1. The fourth-order valence-corrected chi connectivity index (χ4v) is 2.36. The van der Waals surface area contributed by atoms with E-state index in [2.05, 4.69) is 5.10 Å². The van der Waals surface area contributed by atoms with Gasteiger partial charge in [0.2, 0.25) is 0 Å². The Labute approximate surface area is 118 Å². The highest BCUT2D eigenvalue weighted by molar-refractivity contribution is 5.49. The van der Waals surface area contributed by atoms with Crippen LogP contribution in [0.2, 0.25) is 0 Å². The van der Waals surface area contributed by atoms with Crippen molar-refractivity contribution in [3.8, 4) is 11.5 Å². The summed E-state index contributed by atoms with van der Waals surface area (Å²) in [4.78, 5) is 0. The minimum atomic E-state index is -0.829. The number of aliphatic hydroxyl groups is 1. The van der Waals surface area contributed by atoms with Crippen LogP contribution in [0.4, 0.5) is 0 Å². The zero-order valence-corrected chi connectivity index (χ0v) is 12.3. The lowest BCUT2D eigenvalue weighted by atomic mass is 9.99. The molecule has 1 unspecified atom stereocenters. The van der Waals surface area contributed by atoms with Gasteiger partial charge in [-0.15, -0.1) is 0 Å². The van der Waals surface area contributed by atoms with Crippen LogP contribution in [0.5, 0.6) is 11.5 Å². The third-order valence-electron chi connectivity index (χ3n) is 3.31. The third-order valence-corrected chi connectivity index (χ3v) is 3.31. The maximum absolute atomic E-state index is 10.7. The Morgan fingerprint density at radius 3 is 2.35 bits per heavy atom. The zero-order chi connectivity index (χ0) is 14.7. The van der Waals surface area contributed by atoms with Crippen LogP contribution >= 0.6 is 0 Å². The molecule has 0 spiro atoms. The van der Waals surface area contributed by atoms with Crippen molar-refractivity contribution in [2.75, 3.05) is 14.2 Å². The predicted molar refractivity (Wildman–Crippen MR) is 76.2 cm³/mol. The van der Waals surface area contributed by atoms with Crippen LogP contribution < -0.4 is 9.47 Å². The lowest BCUT2D eigenvalue weighted by Crippen LogP contribution is -2.06. The highest BCUT2D eigenvalue weighted by Gasteiger charge is 2.24. The average molecular weight is 276 g/mol. The molecule has 0 aliphatic heterocycles. The fourth-order valence-electron chi connectivity index (χ4n) is 2.36. The van der Waals surface area contributed by atoms with Crippen LogP contribution in [0.3, 0.4) is 0 Å². The van der Waals surface area contributed by atoms with Crippen LogP contribution in [-0.4, -0.2) is 29.1 Å². The molecule has 1 aromatic heterocycles. The van der Waals surface area contributed by atoms with Gasteiger partial charge in [0.1, 0.15) is 17.6 Å². The number of rotatable bonds is 5. The van der Waals surface area contributed by atoms with Gasteiger partial charge >= 0.3 is 0 Å². The van der Waals surface area contributed by atoms with E-state index < -0.39 is 6.10 Å². The van der Waals surface area contributed by atoms with Crippen LogP contribution in [0.1, 0.15) is 29.8 Å². The Morgan fingerprint density at radius 1 is 1.25 bits per heavy atom. The van der Waals surface area contributed by atoms with E-state index >= 15 is 0 Å². The molecule has 0 amide bonds. The highest BCUT2D eigenvalue weighted by atomic mass is 16.5. The number of hydrogen-bond acceptors (Lipinski definition) is 4. The molecule has 0 aliphatic carbocycles. The number of aromatic nitrogens is 2. The maximum Gasteiger partial charge on any atom is 0.128 e. The Hall–Kier alpha value is -2.01. The summed E-state index contributed by atoms with van der Waals surface area (Å²) in [5.41, 5.74) is 2.27. The van der Waals surface area contributed by atoms with Gasteiger partial charge in [-0.05, 0) is 18.6 Å². The quantitative estimate of drug-likeness (QED) is 0.908. The minimum Gasteiger partial charge on any atom is -0.496 e. The molecule has 1 atom stereocenters. The molecule has 0 fully saturated rings. The average Bonchev–Trinajstić information content (AvgIpc) is 2.86. The normalized spacial score (nSPS) is 12.2. The fraction of sp³-hybridized carbons (Fsp3) is 0.400. The Balaban J connectivity index is 2.54. The molecule has 0 bridgehead atoms. The lowest BCUT2D eigenvalue weighted by molar-refractivity contribution is 0.207. The largest absolute Gasteiger partial charge is 0.496 e.